The number of carbonyl (C=O) groups excluding carboxylic acids is 4. The first-order chi connectivity index (χ1) is 26.3. The van der Waals surface area contributed by atoms with Gasteiger partial charge in [0.05, 0.1) is 33.7 Å². The Morgan fingerprint density at radius 3 is 2.53 bits per heavy atom. The molecule has 2 aliphatic carbocycles. The predicted octanol–water partition coefficient (Wildman–Crippen LogP) is 8.74. The molecule has 9 rings (SSSR count). The van der Waals surface area contributed by atoms with Crippen LogP contribution in [0.25, 0.3) is 20.7 Å². The Morgan fingerprint density at radius 1 is 1.02 bits per heavy atom. The van der Waals surface area contributed by atoms with Crippen LogP contribution < -0.4 is 9.80 Å². The van der Waals surface area contributed by atoms with Crippen LogP contribution in [0.2, 0.25) is 5.02 Å². The molecule has 2 aromatic heterocycles. The summed E-state index contributed by atoms with van der Waals surface area (Å²) in [5.41, 5.74) is 2.79. The summed E-state index contributed by atoms with van der Waals surface area (Å²) in [6.07, 6.45) is 4.62. The molecule has 0 bridgehead atoms. The Bertz CT molecular complexity index is 2560. The smallest absolute Gasteiger partial charge is 0.242 e. The van der Waals surface area contributed by atoms with Gasteiger partial charge in [-0.05, 0) is 121 Å². The number of benzene rings is 3. The maximum Gasteiger partial charge on any atom is 0.242 e. The number of phenolic OH excluding ortho intramolecular Hbond substituents is 1. The van der Waals surface area contributed by atoms with E-state index in [-0.39, 0.29) is 29.9 Å². The third kappa shape index (κ3) is 5.18. The summed E-state index contributed by atoms with van der Waals surface area (Å²) in [6, 6.07) is 20.3. The average Bonchev–Trinajstić information content (AvgIpc) is 3.83. The van der Waals surface area contributed by atoms with E-state index in [1.807, 2.05) is 68.5 Å². The zero-order valence-electron chi connectivity index (χ0n) is 30.3. The molecule has 3 aromatic carbocycles. The summed E-state index contributed by atoms with van der Waals surface area (Å²) in [4.78, 5) is 62.1. The van der Waals surface area contributed by atoms with Crippen molar-refractivity contribution in [2.45, 2.75) is 39.0 Å². The fourth-order valence-electron chi connectivity index (χ4n) is 9.80. The van der Waals surface area contributed by atoms with E-state index in [1.165, 1.54) is 9.80 Å². The molecule has 12 heteroatoms. The SMILES string of the molecule is C=CCc1cccc(C2C3=CCC4C(=O)N(c5ccc(I)cc5)C(=O)C4C3CC3C(=O)N(c4cc(-c5sc6ccc(Cl)cc6c5C)nn4C)C(=O)C32C)c1O. The Kier molecular flexibility index (Phi) is 8.52. The lowest BCUT2D eigenvalue weighted by Crippen LogP contribution is -2.49. The van der Waals surface area contributed by atoms with Crippen molar-refractivity contribution >= 4 is 90.7 Å². The third-order valence-electron chi connectivity index (χ3n) is 12.4. The number of allylic oxidation sites excluding steroid dienone is 3. The number of aryl methyl sites for hydroxylation is 2. The summed E-state index contributed by atoms with van der Waals surface area (Å²) in [7, 11) is 1.72. The van der Waals surface area contributed by atoms with Crippen LogP contribution in [0.15, 0.2) is 91.0 Å². The first-order valence-electron chi connectivity index (χ1n) is 18.2. The zero-order valence-corrected chi connectivity index (χ0v) is 34.0. The second-order valence-corrected chi connectivity index (χ2v) is 17.9. The Hall–Kier alpha value is -4.59. The van der Waals surface area contributed by atoms with Gasteiger partial charge in [0.1, 0.15) is 17.3 Å². The molecule has 278 valence electrons. The largest absolute Gasteiger partial charge is 0.507 e. The fourth-order valence-corrected chi connectivity index (χ4v) is 11.5. The second kappa shape index (κ2) is 13.0. The average molecular weight is 883 g/mol. The van der Waals surface area contributed by atoms with Crippen LogP contribution >= 0.6 is 45.5 Å². The molecular formula is C43H36ClIN4O5S. The number of aromatic hydroxyl groups is 1. The van der Waals surface area contributed by atoms with E-state index >= 15 is 4.79 Å². The van der Waals surface area contributed by atoms with E-state index in [0.29, 0.717) is 46.2 Å². The maximum absolute atomic E-state index is 15.2. The van der Waals surface area contributed by atoms with E-state index in [1.54, 1.807) is 47.3 Å². The van der Waals surface area contributed by atoms with Gasteiger partial charge >= 0.3 is 0 Å². The number of amides is 4. The van der Waals surface area contributed by atoms with Crippen molar-refractivity contribution < 1.29 is 24.3 Å². The molecule has 6 unspecified atom stereocenters. The van der Waals surface area contributed by atoms with Gasteiger partial charge in [0, 0.05) is 37.9 Å². The minimum Gasteiger partial charge on any atom is -0.507 e. The topological polar surface area (TPSA) is 113 Å². The molecule has 6 atom stereocenters. The van der Waals surface area contributed by atoms with Gasteiger partial charge in [-0.2, -0.15) is 5.10 Å². The van der Waals surface area contributed by atoms with Gasteiger partial charge in [-0.3, -0.25) is 28.8 Å². The number of phenols is 1. The number of anilines is 2. The Labute approximate surface area is 340 Å². The Balaban J connectivity index is 1.17. The van der Waals surface area contributed by atoms with Gasteiger partial charge in [-0.25, -0.2) is 4.90 Å². The molecule has 4 aliphatic rings. The molecule has 9 nitrogen and oxygen atoms in total. The van der Waals surface area contributed by atoms with Crippen molar-refractivity contribution in [3.8, 4) is 16.3 Å². The van der Waals surface area contributed by atoms with Crippen molar-refractivity contribution in [1.82, 2.24) is 9.78 Å². The van der Waals surface area contributed by atoms with Gasteiger partial charge in [-0.1, -0.05) is 47.5 Å². The number of para-hydroxylation sites is 1. The molecule has 2 saturated heterocycles. The standard InChI is InChI=1S/C43H36ClIN4O5S/c1-5-7-22-8-6-9-28(37(22)50)36-26-15-16-27-35(41(53)48(39(27)51)25-13-11-24(45)12-14-25)30(26)19-31-40(52)49(42(54)43(31,36)3)34-20-32(46-47(34)4)38-21(2)29-18-23(44)10-17-33(29)55-38/h5-6,8-15,17-18,20,27,30-31,35-36,50H,1,7,16,19H2,2-4H3. The predicted molar refractivity (Wildman–Crippen MR) is 222 cm³/mol. The Morgan fingerprint density at radius 2 is 1.78 bits per heavy atom. The molecule has 4 heterocycles. The summed E-state index contributed by atoms with van der Waals surface area (Å²) < 4.78 is 3.60. The number of aromatic nitrogens is 2. The van der Waals surface area contributed by atoms with Crippen LogP contribution in [-0.2, 0) is 32.6 Å². The number of halogens is 2. The molecule has 0 radical (unpaired) electrons. The van der Waals surface area contributed by atoms with E-state index in [9.17, 15) is 19.5 Å². The summed E-state index contributed by atoms with van der Waals surface area (Å²) in [6.45, 7) is 7.69. The monoisotopic (exact) mass is 882 g/mol. The van der Waals surface area contributed by atoms with Crippen LogP contribution in [0.3, 0.4) is 0 Å². The van der Waals surface area contributed by atoms with Crippen LogP contribution in [0.5, 0.6) is 5.75 Å². The van der Waals surface area contributed by atoms with Gasteiger partial charge in [0.25, 0.3) is 0 Å². The lowest BCUT2D eigenvalue weighted by molar-refractivity contribution is -0.131. The molecule has 1 N–H and O–H groups in total. The first kappa shape index (κ1) is 36.1. The summed E-state index contributed by atoms with van der Waals surface area (Å²) >= 11 is 10.1. The van der Waals surface area contributed by atoms with Crippen molar-refractivity contribution in [1.29, 1.82) is 0 Å². The number of nitrogens with zero attached hydrogens (tertiary/aromatic N) is 4. The number of imide groups is 2. The molecule has 3 fully saturated rings. The van der Waals surface area contributed by atoms with Crippen molar-refractivity contribution in [2.24, 2.45) is 36.1 Å². The maximum atomic E-state index is 15.2. The number of thiophene rings is 1. The highest BCUT2D eigenvalue weighted by Gasteiger charge is 2.68. The highest BCUT2D eigenvalue weighted by Crippen LogP contribution is 2.64. The molecule has 4 amide bonds. The zero-order chi connectivity index (χ0) is 38.7. The minimum absolute atomic E-state index is 0.0345. The molecule has 0 spiro atoms. The molecule has 1 saturated carbocycles. The van der Waals surface area contributed by atoms with E-state index in [2.05, 4.69) is 29.2 Å². The van der Waals surface area contributed by atoms with Crippen LogP contribution in [0.1, 0.15) is 42.4 Å². The number of carbonyl (C=O) groups is 4. The van der Waals surface area contributed by atoms with Crippen LogP contribution in [0, 0.1) is 39.6 Å². The first-order valence-corrected chi connectivity index (χ1v) is 20.5. The van der Waals surface area contributed by atoms with E-state index < -0.39 is 40.9 Å². The van der Waals surface area contributed by atoms with Gasteiger partial charge < -0.3 is 5.11 Å². The van der Waals surface area contributed by atoms with Gasteiger partial charge in [0.2, 0.25) is 23.6 Å². The highest BCUT2D eigenvalue weighted by molar-refractivity contribution is 14.1. The molecular weight excluding hydrogens is 847 g/mol. The van der Waals surface area contributed by atoms with Gasteiger partial charge in [0.15, 0.2) is 0 Å². The third-order valence-corrected chi connectivity index (χ3v) is 14.7. The van der Waals surface area contributed by atoms with E-state index in [4.69, 9.17) is 16.7 Å². The minimum atomic E-state index is -1.33. The molecule has 55 heavy (non-hydrogen) atoms. The van der Waals surface area contributed by atoms with Crippen LogP contribution in [-0.4, -0.2) is 38.5 Å². The van der Waals surface area contributed by atoms with Crippen LogP contribution in [0.4, 0.5) is 11.5 Å². The number of fused-ring (bicyclic) bond motifs is 5. The molecule has 2 aliphatic heterocycles. The van der Waals surface area contributed by atoms with Crippen molar-refractivity contribution in [2.75, 3.05) is 9.80 Å². The summed E-state index contributed by atoms with van der Waals surface area (Å²) in [5.74, 6) is -4.41. The van der Waals surface area contributed by atoms with Crippen molar-refractivity contribution in [3.05, 3.63) is 116 Å². The second-order valence-electron chi connectivity index (χ2n) is 15.2. The summed E-state index contributed by atoms with van der Waals surface area (Å²) in [5, 5.41) is 18.3. The lowest BCUT2D eigenvalue weighted by Gasteiger charge is -2.49. The number of rotatable bonds is 6. The van der Waals surface area contributed by atoms with Gasteiger partial charge in [-0.15, -0.1) is 17.9 Å². The highest BCUT2D eigenvalue weighted by atomic mass is 127. The number of hydrogen-bond acceptors (Lipinski definition) is 7. The van der Waals surface area contributed by atoms with E-state index in [0.717, 1.165) is 29.7 Å². The van der Waals surface area contributed by atoms with Crippen molar-refractivity contribution in [3.63, 3.8) is 0 Å². The normalized spacial score (nSPS) is 26.1. The number of hydrogen-bond donors (Lipinski definition) is 1. The quantitative estimate of drug-likeness (QED) is 0.104. The lowest BCUT2D eigenvalue weighted by atomic mass is 9.51. The molecule has 5 aromatic rings. The fraction of sp³-hybridized carbons (Fsp3) is 0.279.